The number of aliphatic imine (C=N–C) groups is 2. The van der Waals surface area contributed by atoms with Gasteiger partial charge in [-0.05, 0) is 64.6 Å². The molecule has 2 rings (SSSR count). The van der Waals surface area contributed by atoms with Gasteiger partial charge in [-0.25, -0.2) is 9.98 Å². The minimum Gasteiger partial charge on any atom is -0.399 e. The van der Waals surface area contributed by atoms with Crippen LogP contribution >= 0.6 is 0 Å². The molecule has 0 N–H and O–H groups in total. The van der Waals surface area contributed by atoms with Gasteiger partial charge in [0, 0.05) is 11.3 Å². The molecule has 0 atom stereocenters. The summed E-state index contributed by atoms with van der Waals surface area (Å²) >= 11 is 0. The summed E-state index contributed by atoms with van der Waals surface area (Å²) in [5.74, 6) is 0.582. The van der Waals surface area contributed by atoms with Crippen LogP contribution in [0.25, 0.3) is 0 Å². The third-order valence-corrected chi connectivity index (χ3v) is 6.17. The van der Waals surface area contributed by atoms with E-state index in [9.17, 15) is 0 Å². The molecule has 1 heterocycles. The molecule has 0 amide bonds. The van der Waals surface area contributed by atoms with Gasteiger partial charge in [-0.15, -0.1) is 0 Å². The van der Waals surface area contributed by atoms with Crippen molar-refractivity contribution in [3.05, 3.63) is 108 Å². The highest BCUT2D eigenvalue weighted by molar-refractivity contribution is 6.55. The van der Waals surface area contributed by atoms with Crippen LogP contribution in [0, 0.1) is 0 Å². The van der Waals surface area contributed by atoms with Crippen molar-refractivity contribution in [1.29, 1.82) is 0 Å². The van der Waals surface area contributed by atoms with E-state index >= 15 is 0 Å². The van der Waals surface area contributed by atoms with E-state index in [-0.39, 0.29) is 0 Å². The third kappa shape index (κ3) is 7.48. The highest BCUT2D eigenvalue weighted by Crippen LogP contribution is 2.38. The molecule has 0 aromatic heterocycles. The van der Waals surface area contributed by atoms with Crippen molar-refractivity contribution < 1.29 is 9.31 Å². The molecule has 0 spiro atoms. The number of nitrogens with zero attached hydrogens (tertiary/aromatic N) is 2. The lowest BCUT2D eigenvalue weighted by Crippen LogP contribution is -2.41. The minimum absolute atomic E-state index is 0.412. The summed E-state index contributed by atoms with van der Waals surface area (Å²) in [6.45, 7) is 26.6. The summed E-state index contributed by atoms with van der Waals surface area (Å²) in [5, 5.41) is 0. The van der Waals surface area contributed by atoms with Gasteiger partial charge in [-0.3, -0.25) is 0 Å². The topological polar surface area (TPSA) is 43.2 Å². The van der Waals surface area contributed by atoms with Crippen LogP contribution in [0.1, 0.15) is 60.5 Å². The van der Waals surface area contributed by atoms with Crippen molar-refractivity contribution in [2.45, 2.75) is 66.1 Å². The first-order chi connectivity index (χ1) is 16.4. The first-order valence-electron chi connectivity index (χ1n) is 12.0. The Bertz CT molecular complexity index is 1090. The zero-order valence-electron chi connectivity index (χ0n) is 22.4. The number of amidine groups is 1. The van der Waals surface area contributed by atoms with Gasteiger partial charge in [-0.1, -0.05) is 87.4 Å². The smallest absolute Gasteiger partial charge is 0.399 e. The number of hydrogen-bond acceptors (Lipinski definition) is 3. The fourth-order valence-electron chi connectivity index (χ4n) is 3.25. The first-order valence-corrected chi connectivity index (χ1v) is 12.0. The summed E-state index contributed by atoms with van der Waals surface area (Å²) < 4.78 is 12.1. The van der Waals surface area contributed by atoms with E-state index in [0.717, 1.165) is 34.3 Å². The summed E-state index contributed by atoms with van der Waals surface area (Å²) in [6, 6.07) is 9.88. The molecule has 1 aromatic carbocycles. The highest BCUT2D eigenvalue weighted by Gasteiger charge is 2.51. The number of benzene rings is 1. The van der Waals surface area contributed by atoms with Crippen molar-refractivity contribution in [3.63, 3.8) is 0 Å². The van der Waals surface area contributed by atoms with E-state index in [4.69, 9.17) is 19.3 Å². The quantitative estimate of drug-likeness (QED) is 0.161. The van der Waals surface area contributed by atoms with Gasteiger partial charge in [0.25, 0.3) is 0 Å². The summed E-state index contributed by atoms with van der Waals surface area (Å²) in [7, 11) is -0.499. The van der Waals surface area contributed by atoms with Crippen molar-refractivity contribution in [2.75, 3.05) is 0 Å². The maximum absolute atomic E-state index is 6.07. The second kappa shape index (κ2) is 12.1. The van der Waals surface area contributed by atoms with Gasteiger partial charge in [0.05, 0.1) is 16.9 Å². The molecule has 1 aliphatic rings. The van der Waals surface area contributed by atoms with Crippen LogP contribution in [-0.2, 0) is 9.31 Å². The summed E-state index contributed by atoms with van der Waals surface area (Å²) in [6.07, 6.45) is 10.7. The molecule has 1 saturated heterocycles. The lowest BCUT2D eigenvalue weighted by Gasteiger charge is -2.32. The number of allylic oxidation sites excluding steroid dienone is 7. The molecular formula is C30H39BN2O2. The van der Waals surface area contributed by atoms with E-state index in [2.05, 4.69) is 32.7 Å². The maximum Gasteiger partial charge on any atom is 0.494 e. The molecule has 0 aliphatic carbocycles. The monoisotopic (exact) mass is 470 g/mol. The molecule has 1 fully saturated rings. The Morgan fingerprint density at radius 1 is 0.943 bits per heavy atom. The van der Waals surface area contributed by atoms with E-state index in [1.54, 1.807) is 0 Å². The van der Waals surface area contributed by atoms with Gasteiger partial charge in [-0.2, -0.15) is 0 Å². The Morgan fingerprint density at radius 3 is 2.09 bits per heavy atom. The molecule has 4 nitrogen and oxygen atoms in total. The van der Waals surface area contributed by atoms with Crippen LogP contribution in [0.3, 0.4) is 0 Å². The Labute approximate surface area is 212 Å². The van der Waals surface area contributed by atoms with Gasteiger partial charge in [0.2, 0.25) is 0 Å². The molecular weight excluding hydrogens is 431 g/mol. The molecule has 0 unspecified atom stereocenters. The third-order valence-electron chi connectivity index (χ3n) is 6.17. The second-order valence-electron chi connectivity index (χ2n) is 9.53. The van der Waals surface area contributed by atoms with Crippen LogP contribution in [0.4, 0.5) is 0 Å². The number of hydrogen-bond donors (Lipinski definition) is 0. The summed E-state index contributed by atoms with van der Waals surface area (Å²) in [5.41, 5.74) is 3.94. The second-order valence-corrected chi connectivity index (χ2v) is 9.53. The molecule has 0 bridgehead atoms. The molecule has 5 heteroatoms. The summed E-state index contributed by atoms with van der Waals surface area (Å²) in [4.78, 5) is 9.61. The van der Waals surface area contributed by atoms with Crippen molar-refractivity contribution in [1.82, 2.24) is 0 Å². The largest absolute Gasteiger partial charge is 0.494 e. The Morgan fingerprint density at radius 2 is 1.54 bits per heavy atom. The van der Waals surface area contributed by atoms with Crippen molar-refractivity contribution in [2.24, 2.45) is 9.98 Å². The van der Waals surface area contributed by atoms with Gasteiger partial charge in [0.1, 0.15) is 0 Å². The predicted octanol–water partition coefficient (Wildman–Crippen LogP) is 7.62. The average molecular weight is 470 g/mol. The molecule has 0 saturated carbocycles. The zero-order chi connectivity index (χ0) is 26.2. The van der Waals surface area contributed by atoms with E-state index in [1.807, 2.05) is 96.2 Å². The van der Waals surface area contributed by atoms with E-state index in [0.29, 0.717) is 11.5 Å². The Balaban J connectivity index is 2.29. The highest BCUT2D eigenvalue weighted by atomic mass is 16.7. The SMILES string of the molecule is C=C(/C=C\C(=C)/C(C)=N/C(=N\C(=C)C(/C=C\C)=C/CC)c1ccccc1)B1OC(C)(C)C(C)(C)O1. The fourth-order valence-corrected chi connectivity index (χ4v) is 3.25. The van der Waals surface area contributed by atoms with Crippen molar-refractivity contribution in [3.8, 4) is 0 Å². The van der Waals surface area contributed by atoms with Crippen LogP contribution in [-0.4, -0.2) is 29.9 Å². The van der Waals surface area contributed by atoms with Gasteiger partial charge >= 0.3 is 7.12 Å². The van der Waals surface area contributed by atoms with Crippen LogP contribution in [0.15, 0.2) is 113 Å². The Kier molecular flexibility index (Phi) is 9.76. The van der Waals surface area contributed by atoms with Crippen LogP contribution in [0.5, 0.6) is 0 Å². The first kappa shape index (κ1) is 28.2. The molecule has 1 aromatic rings. The zero-order valence-corrected chi connectivity index (χ0v) is 22.4. The molecule has 1 aliphatic heterocycles. The lowest BCUT2D eigenvalue weighted by atomic mass is 9.79. The Hall–Kier alpha value is -3.02. The van der Waals surface area contributed by atoms with Crippen LogP contribution < -0.4 is 0 Å². The van der Waals surface area contributed by atoms with Crippen LogP contribution in [0.2, 0.25) is 0 Å². The molecule has 35 heavy (non-hydrogen) atoms. The maximum atomic E-state index is 6.07. The molecule has 184 valence electrons. The predicted molar refractivity (Wildman–Crippen MR) is 152 cm³/mol. The van der Waals surface area contributed by atoms with E-state index < -0.39 is 18.3 Å². The van der Waals surface area contributed by atoms with Crippen molar-refractivity contribution >= 4 is 18.7 Å². The normalized spacial score (nSPS) is 18.5. The lowest BCUT2D eigenvalue weighted by molar-refractivity contribution is 0.00578. The number of rotatable bonds is 9. The minimum atomic E-state index is -0.499. The van der Waals surface area contributed by atoms with E-state index in [1.165, 1.54) is 0 Å². The van der Waals surface area contributed by atoms with Gasteiger partial charge < -0.3 is 9.31 Å². The standard InChI is InChI=1S/C30H39BN2O2/c1-11-16-26(17-12-2)25(6)33-28(27-18-14-13-15-19-27)32-24(5)22(3)20-21-23(4)31-34-29(7,8)30(9,10)35-31/h11,13-21H,3-4,6,12H2,1-2,5,7-10H3/b16-11-,21-20-,26-17+,32-24+,33-28-. The average Bonchev–Trinajstić information content (AvgIpc) is 3.03. The molecule has 0 radical (unpaired) electrons. The van der Waals surface area contributed by atoms with Gasteiger partial charge in [0.15, 0.2) is 5.84 Å². The fraction of sp³-hybridized carbons (Fsp3) is 0.333.